The minimum absolute atomic E-state index is 0.0705. The lowest BCUT2D eigenvalue weighted by Crippen LogP contribution is -2.45. The van der Waals surface area contributed by atoms with Crippen molar-refractivity contribution in [2.24, 2.45) is 0 Å². The molecular weight excluding hydrogens is 392 g/mol. The number of hydrogen-bond donors (Lipinski definition) is 0. The second-order valence-corrected chi connectivity index (χ2v) is 10.4. The van der Waals surface area contributed by atoms with Crippen LogP contribution in [0.5, 0.6) is 0 Å². The first-order chi connectivity index (χ1) is 13.4. The molecule has 2 aromatic carbocycles. The molecule has 1 aromatic heterocycles. The summed E-state index contributed by atoms with van der Waals surface area (Å²) in [5.41, 5.74) is 5.15. The Morgan fingerprint density at radius 3 is 2.61 bits per heavy atom. The highest BCUT2D eigenvalue weighted by molar-refractivity contribution is 7.92. The molecule has 2 aliphatic rings. The molecule has 2 aliphatic heterocycles. The molecule has 1 fully saturated rings. The van der Waals surface area contributed by atoms with Crippen molar-refractivity contribution in [2.45, 2.75) is 24.8 Å². The molecule has 1 saturated heterocycles. The summed E-state index contributed by atoms with van der Waals surface area (Å²) in [6.07, 6.45) is 3.24. The quantitative estimate of drug-likeness (QED) is 0.659. The fourth-order valence-electron chi connectivity index (χ4n) is 4.63. The standard InChI is InChI=1S/C20H22N4O2S2/c1-28(25,26)24-14-20(16-4-2-3-5-19(16)24)8-10-23(11-9-20)13-15-6-7-17-18(12-15)22-27-21-17/h2-7,12H,8-11,13-14H2,1H3. The van der Waals surface area contributed by atoms with Crippen molar-refractivity contribution in [3.05, 3.63) is 53.6 Å². The molecule has 3 aromatic rings. The van der Waals surface area contributed by atoms with Gasteiger partial charge in [0.1, 0.15) is 11.0 Å². The Bertz CT molecular complexity index is 1130. The van der Waals surface area contributed by atoms with Crippen LogP contribution in [-0.4, -0.2) is 48.0 Å². The number of nitrogens with zero attached hydrogens (tertiary/aromatic N) is 4. The van der Waals surface area contributed by atoms with E-state index >= 15 is 0 Å². The molecular formula is C20H22N4O2S2. The van der Waals surface area contributed by atoms with Crippen LogP contribution in [0, 0.1) is 0 Å². The number of anilines is 1. The summed E-state index contributed by atoms with van der Waals surface area (Å²) in [6, 6.07) is 14.3. The first kappa shape index (κ1) is 18.0. The molecule has 5 rings (SSSR count). The maximum atomic E-state index is 12.3. The lowest BCUT2D eigenvalue weighted by Gasteiger charge is -2.39. The Labute approximate surface area is 169 Å². The number of piperidine rings is 1. The number of sulfonamides is 1. The van der Waals surface area contributed by atoms with E-state index in [4.69, 9.17) is 0 Å². The third-order valence-corrected chi connectivity index (χ3v) is 7.81. The molecule has 3 heterocycles. The van der Waals surface area contributed by atoms with Gasteiger partial charge in [0.05, 0.1) is 23.7 Å². The van der Waals surface area contributed by atoms with Gasteiger partial charge < -0.3 is 0 Å². The SMILES string of the molecule is CS(=O)(=O)N1CC2(CCN(Cc3ccc4nsnc4c3)CC2)c2ccccc21. The predicted molar refractivity (Wildman–Crippen MR) is 112 cm³/mol. The van der Waals surface area contributed by atoms with Crippen LogP contribution in [0.4, 0.5) is 5.69 Å². The van der Waals surface area contributed by atoms with E-state index in [0.29, 0.717) is 6.54 Å². The van der Waals surface area contributed by atoms with Crippen LogP contribution in [0.3, 0.4) is 0 Å². The van der Waals surface area contributed by atoms with E-state index in [2.05, 4.69) is 31.8 Å². The number of fused-ring (bicyclic) bond motifs is 3. The summed E-state index contributed by atoms with van der Waals surface area (Å²) in [5.74, 6) is 0. The average molecular weight is 415 g/mol. The molecule has 28 heavy (non-hydrogen) atoms. The third kappa shape index (κ3) is 3.00. The first-order valence-electron chi connectivity index (χ1n) is 9.45. The molecule has 146 valence electrons. The van der Waals surface area contributed by atoms with E-state index in [0.717, 1.165) is 49.2 Å². The number of benzene rings is 2. The number of para-hydroxylation sites is 1. The van der Waals surface area contributed by atoms with Crippen molar-refractivity contribution in [2.75, 3.05) is 30.2 Å². The minimum Gasteiger partial charge on any atom is -0.299 e. The van der Waals surface area contributed by atoms with E-state index in [1.54, 1.807) is 4.31 Å². The fourth-order valence-corrected chi connectivity index (χ4v) is 6.15. The second kappa shape index (κ2) is 6.50. The highest BCUT2D eigenvalue weighted by atomic mass is 32.2. The molecule has 0 unspecified atom stereocenters. The molecule has 0 bridgehead atoms. The van der Waals surface area contributed by atoms with Crippen molar-refractivity contribution in [3.8, 4) is 0 Å². The Balaban J connectivity index is 1.35. The molecule has 0 radical (unpaired) electrons. The monoisotopic (exact) mass is 414 g/mol. The number of aromatic nitrogens is 2. The van der Waals surface area contributed by atoms with E-state index < -0.39 is 10.0 Å². The first-order valence-corrected chi connectivity index (χ1v) is 12.0. The smallest absolute Gasteiger partial charge is 0.232 e. The van der Waals surface area contributed by atoms with Crippen LogP contribution in [0.1, 0.15) is 24.0 Å². The summed E-state index contributed by atoms with van der Waals surface area (Å²) >= 11 is 1.25. The van der Waals surface area contributed by atoms with Crippen LogP contribution in [0.2, 0.25) is 0 Å². The van der Waals surface area contributed by atoms with Gasteiger partial charge in [-0.1, -0.05) is 24.3 Å². The zero-order chi connectivity index (χ0) is 19.4. The van der Waals surface area contributed by atoms with Gasteiger partial charge in [0.15, 0.2) is 0 Å². The van der Waals surface area contributed by atoms with Crippen molar-refractivity contribution >= 4 is 38.5 Å². The Hall–Kier alpha value is -2.03. The number of hydrogen-bond acceptors (Lipinski definition) is 6. The number of rotatable bonds is 3. The van der Waals surface area contributed by atoms with E-state index in [1.165, 1.54) is 29.1 Å². The van der Waals surface area contributed by atoms with Crippen LogP contribution in [0.25, 0.3) is 11.0 Å². The predicted octanol–water partition coefficient (Wildman–Crippen LogP) is 3.00. The summed E-state index contributed by atoms with van der Waals surface area (Å²) in [6.45, 7) is 3.37. The van der Waals surface area contributed by atoms with Crippen molar-refractivity contribution in [1.29, 1.82) is 0 Å². The van der Waals surface area contributed by atoms with Gasteiger partial charge in [-0.3, -0.25) is 9.21 Å². The zero-order valence-corrected chi connectivity index (χ0v) is 17.3. The maximum Gasteiger partial charge on any atom is 0.232 e. The zero-order valence-electron chi connectivity index (χ0n) is 15.7. The van der Waals surface area contributed by atoms with E-state index in [9.17, 15) is 8.42 Å². The third-order valence-electron chi connectivity index (χ3n) is 6.13. The summed E-state index contributed by atoms with van der Waals surface area (Å²) in [5, 5.41) is 0. The molecule has 6 nitrogen and oxygen atoms in total. The lowest BCUT2D eigenvalue weighted by molar-refractivity contribution is 0.161. The Kier molecular flexibility index (Phi) is 4.19. The fraction of sp³-hybridized carbons (Fsp3) is 0.400. The normalized spacial score (nSPS) is 19.4. The highest BCUT2D eigenvalue weighted by Crippen LogP contribution is 2.47. The molecule has 0 N–H and O–H groups in total. The minimum atomic E-state index is -3.26. The van der Waals surface area contributed by atoms with E-state index in [-0.39, 0.29) is 5.41 Å². The van der Waals surface area contributed by atoms with Gasteiger partial charge in [0.2, 0.25) is 10.0 Å². The topological polar surface area (TPSA) is 66.4 Å². The molecule has 0 atom stereocenters. The van der Waals surface area contributed by atoms with Crippen LogP contribution in [0.15, 0.2) is 42.5 Å². The lowest BCUT2D eigenvalue weighted by atomic mass is 9.74. The van der Waals surface area contributed by atoms with Gasteiger partial charge in [-0.05, 0) is 55.3 Å². The molecule has 8 heteroatoms. The van der Waals surface area contributed by atoms with Gasteiger partial charge >= 0.3 is 0 Å². The second-order valence-electron chi connectivity index (χ2n) is 7.93. The van der Waals surface area contributed by atoms with Crippen LogP contribution in [-0.2, 0) is 22.0 Å². The van der Waals surface area contributed by atoms with Crippen molar-refractivity contribution in [3.63, 3.8) is 0 Å². The Morgan fingerprint density at radius 2 is 1.82 bits per heavy atom. The maximum absolute atomic E-state index is 12.3. The van der Waals surface area contributed by atoms with Gasteiger partial charge in [-0.2, -0.15) is 8.75 Å². The number of likely N-dealkylation sites (tertiary alicyclic amines) is 1. The molecule has 0 aliphatic carbocycles. The van der Waals surface area contributed by atoms with Crippen molar-refractivity contribution in [1.82, 2.24) is 13.6 Å². The van der Waals surface area contributed by atoms with Crippen LogP contribution >= 0.6 is 11.7 Å². The van der Waals surface area contributed by atoms with E-state index in [1.807, 2.05) is 24.3 Å². The summed E-state index contributed by atoms with van der Waals surface area (Å²) in [7, 11) is -3.26. The van der Waals surface area contributed by atoms with Gasteiger partial charge in [0.25, 0.3) is 0 Å². The Morgan fingerprint density at radius 1 is 1.07 bits per heavy atom. The highest BCUT2D eigenvalue weighted by Gasteiger charge is 2.46. The van der Waals surface area contributed by atoms with Gasteiger partial charge in [-0.25, -0.2) is 8.42 Å². The summed E-state index contributed by atoms with van der Waals surface area (Å²) < 4.78 is 34.8. The van der Waals surface area contributed by atoms with Crippen molar-refractivity contribution < 1.29 is 8.42 Å². The van der Waals surface area contributed by atoms with Crippen LogP contribution < -0.4 is 4.31 Å². The molecule has 1 spiro atoms. The van der Waals surface area contributed by atoms with Gasteiger partial charge in [0, 0.05) is 18.5 Å². The largest absolute Gasteiger partial charge is 0.299 e. The molecule has 0 saturated carbocycles. The summed E-state index contributed by atoms with van der Waals surface area (Å²) in [4.78, 5) is 2.46. The van der Waals surface area contributed by atoms with Gasteiger partial charge in [-0.15, -0.1) is 0 Å². The average Bonchev–Trinajstić information content (AvgIpc) is 3.27. The molecule has 0 amide bonds.